The molecule has 0 aromatic carbocycles. The van der Waals surface area contributed by atoms with Crippen molar-refractivity contribution in [1.29, 1.82) is 0 Å². The summed E-state index contributed by atoms with van der Waals surface area (Å²) in [6.45, 7) is 1.81. The zero-order valence-electron chi connectivity index (χ0n) is 9.64. The van der Waals surface area contributed by atoms with E-state index in [2.05, 4.69) is 20.7 Å². The number of carbonyl (C=O) groups is 1. The Balaban J connectivity index is 3.01. The summed E-state index contributed by atoms with van der Waals surface area (Å²) in [5.74, 6) is -1.80. The minimum atomic E-state index is -3.86. The van der Waals surface area contributed by atoms with Gasteiger partial charge in [0, 0.05) is 19.2 Å². The van der Waals surface area contributed by atoms with Crippen LogP contribution in [0.1, 0.15) is 17.5 Å². The second-order valence-electron chi connectivity index (χ2n) is 3.53. The second-order valence-corrected chi connectivity index (χ2v) is 5.93. The Labute approximate surface area is 112 Å². The number of halogens is 1. The van der Waals surface area contributed by atoms with Crippen LogP contribution in [0.3, 0.4) is 0 Å². The van der Waals surface area contributed by atoms with Crippen molar-refractivity contribution in [3.05, 3.63) is 16.5 Å². The summed E-state index contributed by atoms with van der Waals surface area (Å²) in [5, 5.41) is 8.70. The molecule has 18 heavy (non-hydrogen) atoms. The molecule has 0 fully saturated rings. The van der Waals surface area contributed by atoms with Gasteiger partial charge >= 0.3 is 5.97 Å². The number of methoxy groups -OCH3 is 1. The number of carboxylic acids is 1. The van der Waals surface area contributed by atoms with Crippen LogP contribution in [0.4, 0.5) is 0 Å². The number of nitrogens with one attached hydrogen (secondary N) is 1. The van der Waals surface area contributed by atoms with Gasteiger partial charge in [0.1, 0.15) is 4.90 Å². The number of aromatic carboxylic acids is 1. The molecule has 0 spiro atoms. The largest absolute Gasteiger partial charge is 0.475 e. The second kappa shape index (κ2) is 5.83. The zero-order chi connectivity index (χ0) is 13.9. The molecular weight excluding hydrogens is 330 g/mol. The Bertz CT molecular complexity index is 537. The zero-order valence-corrected chi connectivity index (χ0v) is 12.0. The third-order valence-electron chi connectivity index (χ3n) is 1.93. The molecule has 1 unspecified atom stereocenters. The molecule has 1 aromatic heterocycles. The normalized spacial score (nSPS) is 13.5. The Hall–Kier alpha value is -0.900. The lowest BCUT2D eigenvalue weighted by Crippen LogP contribution is -2.35. The maximum Gasteiger partial charge on any atom is 0.371 e. The van der Waals surface area contributed by atoms with E-state index >= 15 is 0 Å². The van der Waals surface area contributed by atoms with Crippen molar-refractivity contribution in [3.63, 3.8) is 0 Å². The lowest BCUT2D eigenvalue weighted by Gasteiger charge is -2.12. The van der Waals surface area contributed by atoms with E-state index < -0.39 is 27.8 Å². The van der Waals surface area contributed by atoms with Crippen molar-refractivity contribution in [2.24, 2.45) is 0 Å². The molecular formula is C9H12BrNO6S. The Morgan fingerprint density at radius 2 is 2.28 bits per heavy atom. The van der Waals surface area contributed by atoms with Gasteiger partial charge in [0.25, 0.3) is 0 Å². The molecule has 0 saturated heterocycles. The first-order valence-electron chi connectivity index (χ1n) is 4.82. The average Bonchev–Trinajstić information content (AvgIpc) is 2.60. The molecule has 7 nitrogen and oxygen atoms in total. The summed E-state index contributed by atoms with van der Waals surface area (Å²) in [6.07, 6.45) is 0. The van der Waals surface area contributed by atoms with Gasteiger partial charge in [-0.15, -0.1) is 0 Å². The van der Waals surface area contributed by atoms with E-state index in [1.54, 1.807) is 6.92 Å². The van der Waals surface area contributed by atoms with Gasteiger partial charge in [-0.2, -0.15) is 0 Å². The summed E-state index contributed by atoms with van der Waals surface area (Å²) >= 11 is 2.87. The first kappa shape index (κ1) is 15.2. The minimum Gasteiger partial charge on any atom is -0.475 e. The Morgan fingerprint density at radius 3 is 2.72 bits per heavy atom. The summed E-state index contributed by atoms with van der Waals surface area (Å²) < 4.78 is 35.6. The summed E-state index contributed by atoms with van der Waals surface area (Å²) in [5.41, 5.74) is 0. The van der Waals surface area contributed by atoms with Crippen molar-refractivity contribution in [1.82, 2.24) is 4.72 Å². The molecule has 0 aliphatic heterocycles. The molecule has 0 bridgehead atoms. The number of hydrogen-bond donors (Lipinski definition) is 2. The van der Waals surface area contributed by atoms with Crippen molar-refractivity contribution in [3.8, 4) is 0 Å². The Morgan fingerprint density at radius 1 is 1.67 bits per heavy atom. The molecule has 0 aliphatic carbocycles. The van der Waals surface area contributed by atoms with Gasteiger partial charge in [0.05, 0.1) is 6.61 Å². The van der Waals surface area contributed by atoms with Crippen LogP contribution < -0.4 is 4.72 Å². The third kappa shape index (κ3) is 3.55. The number of rotatable bonds is 6. The van der Waals surface area contributed by atoms with Crippen molar-refractivity contribution >= 4 is 31.9 Å². The van der Waals surface area contributed by atoms with Gasteiger partial charge in [-0.3, -0.25) is 0 Å². The summed E-state index contributed by atoms with van der Waals surface area (Å²) in [6, 6.07) is 0.490. The van der Waals surface area contributed by atoms with E-state index in [1.165, 1.54) is 7.11 Å². The van der Waals surface area contributed by atoms with E-state index in [-0.39, 0.29) is 16.2 Å². The van der Waals surface area contributed by atoms with E-state index in [1.807, 2.05) is 0 Å². The molecule has 0 aliphatic rings. The van der Waals surface area contributed by atoms with Crippen LogP contribution in [0.25, 0.3) is 0 Å². The predicted octanol–water partition coefficient (Wildman–Crippen LogP) is 1.05. The van der Waals surface area contributed by atoms with Gasteiger partial charge < -0.3 is 14.3 Å². The molecule has 0 radical (unpaired) electrons. The quantitative estimate of drug-likeness (QED) is 0.801. The molecule has 1 aromatic rings. The molecule has 2 N–H and O–H groups in total. The van der Waals surface area contributed by atoms with E-state index in [9.17, 15) is 13.2 Å². The van der Waals surface area contributed by atoms with Crippen LogP contribution in [0, 0.1) is 0 Å². The highest BCUT2D eigenvalue weighted by Crippen LogP contribution is 2.26. The van der Waals surface area contributed by atoms with E-state index in [0.29, 0.717) is 0 Å². The molecule has 1 rings (SSSR count). The number of furan rings is 1. The fourth-order valence-electron chi connectivity index (χ4n) is 1.25. The summed E-state index contributed by atoms with van der Waals surface area (Å²) in [7, 11) is -2.41. The molecule has 1 atom stereocenters. The first-order valence-corrected chi connectivity index (χ1v) is 7.09. The number of sulfonamides is 1. The van der Waals surface area contributed by atoms with Crippen LogP contribution in [0.2, 0.25) is 0 Å². The summed E-state index contributed by atoms with van der Waals surface area (Å²) in [4.78, 5) is 10.4. The number of hydrogen-bond acceptors (Lipinski definition) is 5. The van der Waals surface area contributed by atoms with Crippen LogP contribution in [-0.2, 0) is 14.8 Å². The lowest BCUT2D eigenvalue weighted by atomic mass is 10.4. The molecule has 9 heteroatoms. The number of ether oxygens (including phenoxy) is 1. The topological polar surface area (TPSA) is 106 Å². The SMILES string of the molecule is COCC(C)NS(=O)(=O)c1cc(C(=O)O)oc1Br. The van der Waals surface area contributed by atoms with Gasteiger partial charge in [0.15, 0.2) is 4.67 Å². The highest BCUT2D eigenvalue weighted by Gasteiger charge is 2.26. The fraction of sp³-hybridized carbons (Fsp3) is 0.444. The maximum absolute atomic E-state index is 11.9. The molecule has 0 saturated carbocycles. The first-order chi connectivity index (χ1) is 8.27. The smallest absolute Gasteiger partial charge is 0.371 e. The number of carboxylic acid groups (broad SMARTS) is 1. The standard InChI is InChI=1S/C9H12BrNO6S/c1-5(4-16-2)11-18(14,15)7-3-6(9(12)13)17-8(7)10/h3,5,11H,4H2,1-2H3,(H,12,13). The maximum atomic E-state index is 11.9. The lowest BCUT2D eigenvalue weighted by molar-refractivity contribution is 0.0661. The van der Waals surface area contributed by atoms with Crippen molar-refractivity contribution in [2.75, 3.05) is 13.7 Å². The van der Waals surface area contributed by atoms with Crippen LogP contribution >= 0.6 is 15.9 Å². The Kier molecular flexibility index (Phi) is 4.91. The minimum absolute atomic E-state index is 0.156. The average molecular weight is 342 g/mol. The van der Waals surface area contributed by atoms with Gasteiger partial charge in [0.2, 0.25) is 15.8 Å². The van der Waals surface area contributed by atoms with Crippen LogP contribution in [-0.4, -0.2) is 39.3 Å². The van der Waals surface area contributed by atoms with E-state index in [4.69, 9.17) is 14.3 Å². The molecule has 1 heterocycles. The van der Waals surface area contributed by atoms with Crippen LogP contribution in [0.15, 0.2) is 20.0 Å². The van der Waals surface area contributed by atoms with Crippen molar-refractivity contribution < 1.29 is 27.5 Å². The molecule has 102 valence electrons. The predicted molar refractivity (Wildman–Crippen MR) is 65.0 cm³/mol. The van der Waals surface area contributed by atoms with E-state index in [0.717, 1.165) is 6.07 Å². The van der Waals surface area contributed by atoms with Gasteiger partial charge in [-0.1, -0.05) is 0 Å². The highest BCUT2D eigenvalue weighted by molar-refractivity contribution is 9.10. The van der Waals surface area contributed by atoms with Crippen LogP contribution in [0.5, 0.6) is 0 Å². The highest BCUT2D eigenvalue weighted by atomic mass is 79.9. The monoisotopic (exact) mass is 341 g/mol. The third-order valence-corrected chi connectivity index (χ3v) is 4.38. The van der Waals surface area contributed by atoms with Gasteiger partial charge in [-0.05, 0) is 22.9 Å². The molecule has 0 amide bonds. The fourth-order valence-corrected chi connectivity index (χ4v) is 3.42. The van der Waals surface area contributed by atoms with Crippen molar-refractivity contribution in [2.45, 2.75) is 17.9 Å². The van der Waals surface area contributed by atoms with Gasteiger partial charge in [-0.25, -0.2) is 17.9 Å².